The number of nitrogens with zero attached hydrogens (tertiary/aromatic N) is 3. The van der Waals surface area contributed by atoms with E-state index in [0.717, 1.165) is 5.69 Å². The number of amides is 2. The van der Waals surface area contributed by atoms with Crippen molar-refractivity contribution in [3.63, 3.8) is 0 Å². The van der Waals surface area contributed by atoms with Crippen molar-refractivity contribution in [3.05, 3.63) is 30.1 Å². The van der Waals surface area contributed by atoms with Crippen LogP contribution in [0.3, 0.4) is 0 Å². The number of nitrogens with two attached hydrogens (primary N) is 2. The van der Waals surface area contributed by atoms with Gasteiger partial charge in [-0.2, -0.15) is 0 Å². The Balaban J connectivity index is 0.000000280. The zero-order valence-electron chi connectivity index (χ0n) is 16.0. The van der Waals surface area contributed by atoms with E-state index in [1.807, 2.05) is 12.2 Å². The molecule has 0 saturated heterocycles. The predicted molar refractivity (Wildman–Crippen MR) is 110 cm³/mol. The zero-order valence-corrected chi connectivity index (χ0v) is 16.8. The number of halogens is 1. The number of aliphatic imine (C=N–C) groups is 1. The Kier molecular flexibility index (Phi) is 9.32. The lowest BCUT2D eigenvalue weighted by Gasteiger charge is -2.30. The van der Waals surface area contributed by atoms with E-state index in [-0.39, 0.29) is 30.7 Å². The highest BCUT2D eigenvalue weighted by Gasteiger charge is 2.36. The molecule has 3 heterocycles. The third kappa shape index (κ3) is 6.92. The second-order valence-corrected chi connectivity index (χ2v) is 5.65. The lowest BCUT2D eigenvalue weighted by molar-refractivity contribution is 0.107. The van der Waals surface area contributed by atoms with E-state index in [2.05, 4.69) is 35.1 Å². The number of anilines is 1. The number of hydrogen-bond acceptors (Lipinski definition) is 9. The molecule has 0 spiro atoms. The zero-order chi connectivity index (χ0) is 20.5. The predicted octanol–water partition coefficient (Wildman–Crippen LogP) is 0.0201. The van der Waals surface area contributed by atoms with Gasteiger partial charge in [-0.15, -0.1) is 12.4 Å². The van der Waals surface area contributed by atoms with Gasteiger partial charge in [0.1, 0.15) is 0 Å². The minimum Gasteiger partial charge on any atom is -0.453 e. The minimum atomic E-state index is -0.459. The molecule has 0 fully saturated rings. The largest absolute Gasteiger partial charge is 0.453 e. The van der Waals surface area contributed by atoms with E-state index in [1.165, 1.54) is 19.1 Å². The first-order chi connectivity index (χ1) is 13.4. The molecule has 13 heteroatoms. The number of imidazole rings is 1. The van der Waals surface area contributed by atoms with Gasteiger partial charge in [-0.1, -0.05) is 18.2 Å². The Hall–Kier alpha value is -3.41. The van der Waals surface area contributed by atoms with Gasteiger partial charge >= 0.3 is 12.2 Å². The number of guanidine groups is 1. The molecule has 0 radical (unpaired) electrons. The molecule has 2 amide bonds. The number of aromatic nitrogens is 2. The van der Waals surface area contributed by atoms with Gasteiger partial charge in [0, 0.05) is 13.1 Å². The maximum absolute atomic E-state index is 11.3. The quantitative estimate of drug-likeness (QED) is 0.419. The number of methoxy groups -OCH3 is 2. The number of aromatic amines is 1. The van der Waals surface area contributed by atoms with Gasteiger partial charge in [-0.25, -0.2) is 19.6 Å². The average Bonchev–Trinajstić information content (AvgIpc) is 3.28. The number of carbonyl (C=O) groups is 2. The van der Waals surface area contributed by atoms with Crippen molar-refractivity contribution >= 4 is 42.6 Å². The molecule has 0 unspecified atom stereocenters. The normalized spacial score (nSPS) is 19.1. The SMILES string of the molecule is COC(=O)N1CC=C[C@H]2NC(N)=N[C@H]21.COC(=O)NC/C=C\c1cnc(N)[nH]1.Cl. The fourth-order valence-corrected chi connectivity index (χ4v) is 2.48. The second kappa shape index (κ2) is 11.4. The summed E-state index contributed by atoms with van der Waals surface area (Å²) in [6.07, 6.45) is 7.84. The summed E-state index contributed by atoms with van der Waals surface area (Å²) in [5.74, 6) is 0.728. The number of alkyl carbamates (subject to hydrolysis) is 1. The molecule has 2 atom stereocenters. The maximum Gasteiger partial charge on any atom is 0.411 e. The second-order valence-electron chi connectivity index (χ2n) is 5.65. The molecule has 160 valence electrons. The first-order valence-electron chi connectivity index (χ1n) is 8.34. The summed E-state index contributed by atoms with van der Waals surface area (Å²) in [4.78, 5) is 34.2. The first kappa shape index (κ1) is 23.6. The van der Waals surface area contributed by atoms with Crippen molar-refractivity contribution in [1.82, 2.24) is 25.5 Å². The Morgan fingerprint density at radius 3 is 2.76 bits per heavy atom. The molecule has 2 aliphatic rings. The van der Waals surface area contributed by atoms with Crippen molar-refractivity contribution in [2.75, 3.05) is 33.0 Å². The molecule has 0 aliphatic carbocycles. The van der Waals surface area contributed by atoms with Gasteiger partial charge in [-0.3, -0.25) is 4.90 Å². The molecular weight excluding hydrogens is 404 g/mol. The number of H-pyrrole nitrogens is 1. The van der Waals surface area contributed by atoms with Crippen LogP contribution in [0, 0.1) is 0 Å². The van der Waals surface area contributed by atoms with Crippen LogP contribution in [0.15, 0.2) is 29.4 Å². The van der Waals surface area contributed by atoms with Gasteiger partial charge in [-0.05, 0) is 6.08 Å². The van der Waals surface area contributed by atoms with Crippen LogP contribution in [-0.4, -0.2) is 72.5 Å². The number of ether oxygens (including phenoxy) is 2. The number of rotatable bonds is 3. The van der Waals surface area contributed by atoms with Crippen LogP contribution in [0.4, 0.5) is 15.5 Å². The van der Waals surface area contributed by atoms with Crippen LogP contribution >= 0.6 is 12.4 Å². The van der Waals surface area contributed by atoms with Gasteiger partial charge < -0.3 is 36.6 Å². The summed E-state index contributed by atoms with van der Waals surface area (Å²) >= 11 is 0. The number of carbonyl (C=O) groups excluding carboxylic acids is 2. The smallest absolute Gasteiger partial charge is 0.411 e. The topological polar surface area (TPSA) is 173 Å². The highest BCUT2D eigenvalue weighted by atomic mass is 35.5. The minimum absolute atomic E-state index is 0. The molecule has 1 aromatic heterocycles. The molecule has 3 rings (SSSR count). The maximum atomic E-state index is 11.3. The van der Waals surface area contributed by atoms with E-state index in [9.17, 15) is 9.59 Å². The Labute approximate surface area is 173 Å². The molecule has 0 saturated carbocycles. The summed E-state index contributed by atoms with van der Waals surface area (Å²) in [6.45, 7) is 0.901. The summed E-state index contributed by atoms with van der Waals surface area (Å²) in [7, 11) is 2.67. The number of nitrogens with one attached hydrogen (secondary N) is 3. The van der Waals surface area contributed by atoms with E-state index >= 15 is 0 Å². The number of fused-ring (bicyclic) bond motifs is 1. The van der Waals surface area contributed by atoms with Crippen molar-refractivity contribution in [2.24, 2.45) is 10.7 Å². The van der Waals surface area contributed by atoms with Crippen LogP contribution in [0.2, 0.25) is 0 Å². The van der Waals surface area contributed by atoms with E-state index < -0.39 is 6.09 Å². The Morgan fingerprint density at radius 1 is 1.38 bits per heavy atom. The van der Waals surface area contributed by atoms with Crippen molar-refractivity contribution in [2.45, 2.75) is 12.2 Å². The molecular formula is C16H25ClN8O4. The van der Waals surface area contributed by atoms with Crippen molar-refractivity contribution in [3.8, 4) is 0 Å². The number of hydrogen-bond donors (Lipinski definition) is 5. The molecule has 1 aromatic rings. The lowest BCUT2D eigenvalue weighted by Crippen LogP contribution is -2.49. The van der Waals surface area contributed by atoms with Crippen LogP contribution in [-0.2, 0) is 9.47 Å². The third-order valence-corrected chi connectivity index (χ3v) is 3.74. The van der Waals surface area contributed by atoms with Crippen LogP contribution in [0.25, 0.3) is 6.08 Å². The van der Waals surface area contributed by atoms with E-state index in [0.29, 0.717) is 25.0 Å². The summed E-state index contributed by atoms with van der Waals surface area (Å²) in [6, 6.07) is -0.0251. The summed E-state index contributed by atoms with van der Waals surface area (Å²) in [5, 5.41) is 5.45. The Morgan fingerprint density at radius 2 is 2.14 bits per heavy atom. The van der Waals surface area contributed by atoms with Crippen LogP contribution < -0.4 is 22.1 Å². The molecule has 0 bridgehead atoms. The van der Waals surface area contributed by atoms with E-state index in [1.54, 1.807) is 18.3 Å². The molecule has 7 N–H and O–H groups in total. The van der Waals surface area contributed by atoms with Gasteiger partial charge in [0.05, 0.1) is 32.2 Å². The monoisotopic (exact) mass is 428 g/mol. The molecule has 29 heavy (non-hydrogen) atoms. The average molecular weight is 429 g/mol. The Bertz CT molecular complexity index is 779. The fraction of sp³-hybridized carbons (Fsp3) is 0.375. The van der Waals surface area contributed by atoms with Crippen LogP contribution in [0.1, 0.15) is 5.69 Å². The lowest BCUT2D eigenvalue weighted by atomic mass is 10.1. The first-order valence-corrected chi connectivity index (χ1v) is 8.34. The third-order valence-electron chi connectivity index (χ3n) is 3.74. The highest BCUT2D eigenvalue weighted by Crippen LogP contribution is 2.17. The van der Waals surface area contributed by atoms with Crippen molar-refractivity contribution < 1.29 is 19.1 Å². The van der Waals surface area contributed by atoms with Crippen LogP contribution in [0.5, 0.6) is 0 Å². The highest BCUT2D eigenvalue weighted by molar-refractivity contribution is 5.85. The van der Waals surface area contributed by atoms with Gasteiger partial charge in [0.15, 0.2) is 18.1 Å². The van der Waals surface area contributed by atoms with Crippen molar-refractivity contribution in [1.29, 1.82) is 0 Å². The van der Waals surface area contributed by atoms with Gasteiger partial charge in [0.2, 0.25) is 0 Å². The standard InChI is InChI=1S/2C8H12N4O2.ClH/c1-14-8(13)12-4-2-3-5-6(12)11-7(9)10-5;1-14-8(13)10-4-2-3-6-5-11-7(9)12-6;/h2-3,5-6H,4H2,1H3,(H3,9,10,11);2-3,5H,4H2,1H3,(H,10,13)(H3,9,11,12);1H/b;3-2-;/t5-,6+;;/m1../s1. The summed E-state index contributed by atoms with van der Waals surface area (Å²) in [5.41, 5.74) is 11.7. The summed E-state index contributed by atoms with van der Waals surface area (Å²) < 4.78 is 9.03. The van der Waals surface area contributed by atoms with Gasteiger partial charge in [0.25, 0.3) is 0 Å². The number of nitrogen functional groups attached to an aromatic ring is 1. The molecule has 2 aliphatic heterocycles. The molecule has 0 aromatic carbocycles. The fourth-order valence-electron chi connectivity index (χ4n) is 2.48. The molecule has 12 nitrogen and oxygen atoms in total. The van der Waals surface area contributed by atoms with E-state index in [4.69, 9.17) is 11.5 Å².